The Balaban J connectivity index is 1.84. The lowest BCUT2D eigenvalue weighted by Crippen LogP contribution is -2.44. The van der Waals surface area contributed by atoms with Gasteiger partial charge in [0.1, 0.15) is 5.69 Å². The van der Waals surface area contributed by atoms with Crippen LogP contribution >= 0.6 is 0 Å². The van der Waals surface area contributed by atoms with E-state index in [1.54, 1.807) is 0 Å². The fraction of sp³-hybridized carbons (Fsp3) is 0.235. The molecule has 25 heavy (non-hydrogen) atoms. The minimum atomic E-state index is -2.51. The van der Waals surface area contributed by atoms with E-state index in [1.807, 2.05) is 0 Å². The van der Waals surface area contributed by atoms with Crippen molar-refractivity contribution in [3.8, 4) is 0 Å². The second kappa shape index (κ2) is 6.27. The van der Waals surface area contributed by atoms with E-state index in [4.69, 9.17) is 0 Å². The van der Waals surface area contributed by atoms with Crippen LogP contribution in [0.1, 0.15) is 34.5 Å². The summed E-state index contributed by atoms with van der Waals surface area (Å²) in [4.78, 5) is 27.9. The predicted molar refractivity (Wildman–Crippen MR) is 78.8 cm³/mol. The first-order chi connectivity index (χ1) is 11.8. The predicted octanol–water partition coefficient (Wildman–Crippen LogP) is 2.96. The van der Waals surface area contributed by atoms with Gasteiger partial charge in [0, 0.05) is 36.7 Å². The molecule has 1 heterocycles. The molecule has 0 fully saturated rings. The lowest BCUT2D eigenvalue weighted by atomic mass is 9.81. The molecule has 2 aromatic rings. The van der Waals surface area contributed by atoms with Gasteiger partial charge in [0.15, 0.2) is 23.2 Å². The van der Waals surface area contributed by atoms with Crippen molar-refractivity contribution in [2.24, 2.45) is 0 Å². The number of amides is 1. The van der Waals surface area contributed by atoms with Gasteiger partial charge < -0.3 is 5.32 Å². The first-order valence-electron chi connectivity index (χ1n) is 7.43. The quantitative estimate of drug-likeness (QED) is 0.683. The van der Waals surface area contributed by atoms with Crippen LogP contribution in [-0.2, 0) is 17.0 Å². The van der Waals surface area contributed by atoms with Crippen LogP contribution in [0.4, 0.5) is 17.6 Å². The first-order valence-corrected chi connectivity index (χ1v) is 7.43. The van der Waals surface area contributed by atoms with Crippen LogP contribution in [0, 0.1) is 17.5 Å². The third-order valence-electron chi connectivity index (χ3n) is 4.11. The topological polar surface area (TPSA) is 59.1 Å². The number of ketones is 1. The maximum Gasteiger partial charge on any atom is 0.262 e. The Morgan fingerprint density at radius 1 is 1.20 bits per heavy atom. The molecule has 1 aliphatic rings. The van der Waals surface area contributed by atoms with Crippen LogP contribution in [0.5, 0.6) is 0 Å². The SMILES string of the molecule is O=C1CC[C@@](F)(C(=O)NCc2ccc(F)c(F)c2F)c2cccnc21. The monoisotopic (exact) mass is 352 g/mol. The zero-order valence-electron chi connectivity index (χ0n) is 12.8. The van der Waals surface area contributed by atoms with Crippen molar-refractivity contribution < 1.29 is 27.2 Å². The molecule has 0 spiro atoms. The lowest BCUT2D eigenvalue weighted by molar-refractivity contribution is -0.134. The Kier molecular flexibility index (Phi) is 4.28. The minimum absolute atomic E-state index is 0.120. The van der Waals surface area contributed by atoms with Gasteiger partial charge in [-0.15, -0.1) is 0 Å². The lowest BCUT2D eigenvalue weighted by Gasteiger charge is -2.29. The van der Waals surface area contributed by atoms with Crippen molar-refractivity contribution in [3.05, 3.63) is 64.7 Å². The average Bonchev–Trinajstić information content (AvgIpc) is 2.62. The number of pyridine rings is 1. The molecule has 8 heteroatoms. The number of nitrogens with zero attached hydrogens (tertiary/aromatic N) is 1. The van der Waals surface area contributed by atoms with Gasteiger partial charge in [-0.05, 0) is 12.1 Å². The van der Waals surface area contributed by atoms with Gasteiger partial charge in [-0.3, -0.25) is 14.6 Å². The molecule has 0 radical (unpaired) electrons. The largest absolute Gasteiger partial charge is 0.349 e. The molecule has 3 rings (SSSR count). The average molecular weight is 352 g/mol. The van der Waals surface area contributed by atoms with Gasteiger partial charge in [0.05, 0.1) is 0 Å². The molecule has 1 aromatic carbocycles. The van der Waals surface area contributed by atoms with Crippen molar-refractivity contribution in [2.45, 2.75) is 25.1 Å². The Hall–Kier alpha value is -2.77. The molecule has 0 unspecified atom stereocenters. The van der Waals surface area contributed by atoms with Crippen molar-refractivity contribution in [1.29, 1.82) is 0 Å². The van der Waals surface area contributed by atoms with Crippen molar-refractivity contribution in [2.75, 3.05) is 0 Å². The highest BCUT2D eigenvalue weighted by Gasteiger charge is 2.46. The summed E-state index contributed by atoms with van der Waals surface area (Å²) in [7, 11) is 0. The first kappa shape index (κ1) is 17.1. The zero-order chi connectivity index (χ0) is 18.2. The minimum Gasteiger partial charge on any atom is -0.349 e. The van der Waals surface area contributed by atoms with Gasteiger partial charge in [0.25, 0.3) is 5.91 Å². The molecule has 1 aliphatic carbocycles. The summed E-state index contributed by atoms with van der Waals surface area (Å²) in [6.45, 7) is -0.531. The highest BCUT2D eigenvalue weighted by molar-refractivity contribution is 6.01. The zero-order valence-corrected chi connectivity index (χ0v) is 12.8. The molecule has 1 N–H and O–H groups in total. The smallest absolute Gasteiger partial charge is 0.262 e. The summed E-state index contributed by atoms with van der Waals surface area (Å²) in [6.07, 6.45) is 0.737. The number of halogens is 4. The molecule has 1 aromatic heterocycles. The third-order valence-corrected chi connectivity index (χ3v) is 4.11. The number of nitrogens with one attached hydrogen (secondary N) is 1. The van der Waals surface area contributed by atoms with Gasteiger partial charge in [-0.1, -0.05) is 12.1 Å². The fourth-order valence-electron chi connectivity index (χ4n) is 2.74. The van der Waals surface area contributed by atoms with E-state index in [0.29, 0.717) is 6.07 Å². The number of carbonyl (C=O) groups excluding carboxylic acids is 2. The van der Waals surface area contributed by atoms with Crippen LogP contribution in [0.3, 0.4) is 0 Å². The summed E-state index contributed by atoms with van der Waals surface area (Å²) in [5, 5.41) is 2.17. The van der Waals surface area contributed by atoms with Crippen LogP contribution in [0.2, 0.25) is 0 Å². The molecule has 0 saturated heterocycles. The Bertz CT molecular complexity index is 872. The molecule has 1 amide bonds. The van der Waals surface area contributed by atoms with Crippen LogP contribution in [-0.4, -0.2) is 16.7 Å². The number of Topliss-reactive ketones (excluding diaryl/α,β-unsaturated/α-hetero) is 1. The van der Waals surface area contributed by atoms with Crippen molar-refractivity contribution in [3.63, 3.8) is 0 Å². The second-order valence-electron chi connectivity index (χ2n) is 5.64. The third kappa shape index (κ3) is 2.88. The molecule has 130 valence electrons. The summed E-state index contributed by atoms with van der Waals surface area (Å²) < 4.78 is 55.0. The molecule has 4 nitrogen and oxygen atoms in total. The van der Waals surface area contributed by atoms with E-state index in [1.165, 1.54) is 18.3 Å². The molecular formula is C17H12F4N2O2. The molecule has 0 saturated carbocycles. The van der Waals surface area contributed by atoms with E-state index >= 15 is 4.39 Å². The number of aromatic nitrogens is 1. The van der Waals surface area contributed by atoms with Gasteiger partial charge in [-0.25, -0.2) is 17.6 Å². The maximum absolute atomic E-state index is 15.2. The van der Waals surface area contributed by atoms with Crippen molar-refractivity contribution >= 4 is 11.7 Å². The van der Waals surface area contributed by atoms with Gasteiger partial charge in [-0.2, -0.15) is 0 Å². The van der Waals surface area contributed by atoms with E-state index in [0.717, 1.165) is 6.07 Å². The number of alkyl halides is 1. The summed E-state index contributed by atoms with van der Waals surface area (Å²) in [5.41, 5.74) is -3.11. The normalized spacial score (nSPS) is 19.4. The molecular weight excluding hydrogens is 340 g/mol. The molecule has 0 bridgehead atoms. The number of benzene rings is 1. The van der Waals surface area contributed by atoms with E-state index in [9.17, 15) is 22.8 Å². The van der Waals surface area contributed by atoms with Gasteiger partial charge in [0.2, 0.25) is 5.67 Å². The Morgan fingerprint density at radius 2 is 1.96 bits per heavy atom. The number of carbonyl (C=O) groups is 2. The summed E-state index contributed by atoms with van der Waals surface area (Å²) in [5.74, 6) is -5.95. The highest BCUT2D eigenvalue weighted by atomic mass is 19.2. The number of rotatable bonds is 3. The summed E-state index contributed by atoms with van der Waals surface area (Å²) in [6, 6.07) is 4.35. The van der Waals surface area contributed by atoms with Crippen LogP contribution in [0.15, 0.2) is 30.5 Å². The molecule has 0 aliphatic heterocycles. The number of fused-ring (bicyclic) bond motifs is 1. The van der Waals surface area contributed by atoms with E-state index in [2.05, 4.69) is 10.3 Å². The number of hydrogen-bond donors (Lipinski definition) is 1. The highest BCUT2D eigenvalue weighted by Crippen LogP contribution is 2.38. The second-order valence-corrected chi connectivity index (χ2v) is 5.64. The van der Waals surface area contributed by atoms with E-state index < -0.39 is 35.6 Å². The van der Waals surface area contributed by atoms with Gasteiger partial charge >= 0.3 is 0 Å². The van der Waals surface area contributed by atoms with E-state index in [-0.39, 0.29) is 35.4 Å². The molecule has 1 atom stereocenters. The summed E-state index contributed by atoms with van der Waals surface area (Å²) >= 11 is 0. The standard InChI is InChI=1S/C17H12F4N2O2/c18-11-4-3-9(13(19)14(11)20)8-23-16(25)17(21)6-5-12(24)15-10(17)2-1-7-22-15/h1-4,7H,5-6,8H2,(H,23,25)/t17-/m0/s1. The Morgan fingerprint density at radius 3 is 2.72 bits per heavy atom. The maximum atomic E-state index is 15.2. The fourth-order valence-corrected chi connectivity index (χ4v) is 2.74. The number of hydrogen-bond acceptors (Lipinski definition) is 3. The van der Waals surface area contributed by atoms with Crippen molar-refractivity contribution in [1.82, 2.24) is 10.3 Å². The Labute approximate surface area is 139 Å². The van der Waals surface area contributed by atoms with Crippen LogP contribution < -0.4 is 5.32 Å². The van der Waals surface area contributed by atoms with Crippen LogP contribution in [0.25, 0.3) is 0 Å².